The van der Waals surface area contributed by atoms with Gasteiger partial charge in [0.05, 0.1) is 6.04 Å². The normalized spacial score (nSPS) is 16.9. The lowest BCUT2D eigenvalue weighted by Gasteiger charge is -2.32. The molecule has 1 fully saturated rings. The highest BCUT2D eigenvalue weighted by molar-refractivity contribution is 6.30. The number of hydrogen-bond donors (Lipinski definition) is 1. The third-order valence-electron chi connectivity index (χ3n) is 5.10. The van der Waals surface area contributed by atoms with Gasteiger partial charge in [0.25, 0.3) is 0 Å². The minimum atomic E-state index is -0.296. The topological polar surface area (TPSA) is 32.3 Å². The van der Waals surface area contributed by atoms with Crippen LogP contribution in [-0.2, 0) is 11.3 Å². The van der Waals surface area contributed by atoms with Gasteiger partial charge in [0.1, 0.15) is 11.6 Å². The Balaban J connectivity index is 1.49. The zero-order valence-electron chi connectivity index (χ0n) is 15.2. The number of carbonyl (C=O) groups excluding carboxylic acids is 1. The molecule has 0 aliphatic carbocycles. The Morgan fingerprint density at radius 3 is 2.48 bits per heavy atom. The maximum atomic E-state index is 13.9. The Morgan fingerprint density at radius 2 is 1.85 bits per heavy atom. The van der Waals surface area contributed by atoms with Gasteiger partial charge in [-0.05, 0) is 62.7 Å². The van der Waals surface area contributed by atoms with Crippen LogP contribution in [0.3, 0.4) is 0 Å². The van der Waals surface area contributed by atoms with Crippen LogP contribution in [0.4, 0.5) is 8.78 Å². The Kier molecular flexibility index (Phi) is 6.45. The molecule has 2 aromatic rings. The first kappa shape index (κ1) is 19.8. The van der Waals surface area contributed by atoms with Crippen LogP contribution < -0.4 is 5.32 Å². The number of hydrogen-bond acceptors (Lipinski definition) is 2. The Hall–Kier alpha value is -1.98. The smallest absolute Gasteiger partial charge is 0.223 e. The van der Waals surface area contributed by atoms with Gasteiger partial charge in [0.15, 0.2) is 0 Å². The summed E-state index contributed by atoms with van der Waals surface area (Å²) in [4.78, 5) is 14.7. The van der Waals surface area contributed by atoms with E-state index in [4.69, 9.17) is 11.6 Å². The van der Waals surface area contributed by atoms with Crippen LogP contribution in [0.25, 0.3) is 0 Å². The highest BCUT2D eigenvalue weighted by Gasteiger charge is 2.26. The molecule has 144 valence electrons. The fourth-order valence-electron chi connectivity index (χ4n) is 3.41. The van der Waals surface area contributed by atoms with Crippen molar-refractivity contribution in [2.45, 2.75) is 32.4 Å². The van der Waals surface area contributed by atoms with E-state index in [1.807, 2.05) is 6.92 Å². The number of rotatable bonds is 5. The Labute approximate surface area is 163 Å². The molecular formula is C21H23ClF2N2O. The van der Waals surface area contributed by atoms with Crippen molar-refractivity contribution >= 4 is 17.5 Å². The van der Waals surface area contributed by atoms with Gasteiger partial charge in [-0.3, -0.25) is 9.69 Å². The summed E-state index contributed by atoms with van der Waals surface area (Å²) in [6.45, 7) is 3.89. The number of nitrogens with one attached hydrogen (secondary N) is 1. The number of carbonyl (C=O) groups is 1. The molecule has 0 unspecified atom stereocenters. The van der Waals surface area contributed by atoms with Gasteiger partial charge in [0.2, 0.25) is 5.91 Å². The lowest BCUT2D eigenvalue weighted by atomic mass is 9.95. The summed E-state index contributed by atoms with van der Waals surface area (Å²) < 4.78 is 27.0. The molecule has 6 heteroatoms. The van der Waals surface area contributed by atoms with E-state index in [9.17, 15) is 13.6 Å². The standard InChI is InChI=1S/C21H23ClF2N2O/c1-14(15-3-6-19(23)7-4-15)25-21(27)16-8-10-26(11-9-16)13-17-2-5-18(22)12-20(17)24/h2-7,12,14,16H,8-11,13H2,1H3,(H,25,27)/t14-/m1/s1. The monoisotopic (exact) mass is 392 g/mol. The summed E-state index contributed by atoms with van der Waals surface area (Å²) in [7, 11) is 0. The number of halogens is 3. The number of piperidine rings is 1. The van der Waals surface area contributed by atoms with Crippen molar-refractivity contribution < 1.29 is 13.6 Å². The van der Waals surface area contributed by atoms with E-state index in [1.54, 1.807) is 24.3 Å². The van der Waals surface area contributed by atoms with Crippen LogP contribution in [0.1, 0.15) is 36.9 Å². The van der Waals surface area contributed by atoms with Crippen molar-refractivity contribution in [1.82, 2.24) is 10.2 Å². The second kappa shape index (κ2) is 8.81. The molecule has 3 rings (SSSR count). The fourth-order valence-corrected chi connectivity index (χ4v) is 3.57. The van der Waals surface area contributed by atoms with E-state index in [1.165, 1.54) is 18.2 Å². The molecule has 1 N–H and O–H groups in total. The largest absolute Gasteiger partial charge is 0.349 e. The average molecular weight is 393 g/mol. The van der Waals surface area contributed by atoms with Crippen molar-refractivity contribution in [3.8, 4) is 0 Å². The molecule has 0 aromatic heterocycles. The maximum Gasteiger partial charge on any atom is 0.223 e. The second-order valence-corrected chi connectivity index (χ2v) is 7.50. The number of amides is 1. The number of benzene rings is 2. The van der Waals surface area contributed by atoms with Gasteiger partial charge < -0.3 is 5.32 Å². The molecule has 1 aliphatic rings. The molecule has 2 aromatic carbocycles. The Morgan fingerprint density at radius 1 is 1.19 bits per heavy atom. The molecule has 0 bridgehead atoms. The molecule has 1 aliphatic heterocycles. The van der Waals surface area contributed by atoms with Crippen LogP contribution >= 0.6 is 11.6 Å². The molecule has 0 saturated carbocycles. The van der Waals surface area contributed by atoms with E-state index in [2.05, 4.69) is 10.2 Å². The van der Waals surface area contributed by atoms with E-state index < -0.39 is 0 Å². The first-order valence-corrected chi connectivity index (χ1v) is 9.52. The molecule has 1 saturated heterocycles. The van der Waals surface area contributed by atoms with E-state index in [0.717, 1.165) is 31.5 Å². The van der Waals surface area contributed by atoms with E-state index >= 15 is 0 Å². The SMILES string of the molecule is C[C@@H](NC(=O)C1CCN(Cc2ccc(Cl)cc2F)CC1)c1ccc(F)cc1. The van der Waals surface area contributed by atoms with Gasteiger partial charge in [-0.15, -0.1) is 0 Å². The third-order valence-corrected chi connectivity index (χ3v) is 5.33. The van der Waals surface area contributed by atoms with Crippen molar-refractivity contribution in [1.29, 1.82) is 0 Å². The molecule has 0 radical (unpaired) electrons. The van der Waals surface area contributed by atoms with Gasteiger partial charge in [-0.2, -0.15) is 0 Å². The minimum Gasteiger partial charge on any atom is -0.349 e. The summed E-state index contributed by atoms with van der Waals surface area (Å²) in [5.74, 6) is -0.624. The first-order chi connectivity index (χ1) is 12.9. The predicted octanol–water partition coefficient (Wildman–Crippen LogP) is 4.71. The van der Waals surface area contributed by atoms with Gasteiger partial charge in [-0.1, -0.05) is 29.8 Å². The van der Waals surface area contributed by atoms with E-state index in [-0.39, 0.29) is 29.5 Å². The maximum absolute atomic E-state index is 13.9. The summed E-state index contributed by atoms with van der Waals surface area (Å²) >= 11 is 5.79. The van der Waals surface area contributed by atoms with Crippen LogP contribution in [0.15, 0.2) is 42.5 Å². The fraction of sp³-hybridized carbons (Fsp3) is 0.381. The summed E-state index contributed by atoms with van der Waals surface area (Å²) in [5, 5.41) is 3.40. The highest BCUT2D eigenvalue weighted by atomic mass is 35.5. The number of nitrogens with zero attached hydrogens (tertiary/aromatic N) is 1. The van der Waals surface area contributed by atoms with Crippen molar-refractivity contribution in [3.63, 3.8) is 0 Å². The van der Waals surface area contributed by atoms with Gasteiger partial charge in [-0.25, -0.2) is 8.78 Å². The average Bonchev–Trinajstić information content (AvgIpc) is 2.65. The highest BCUT2D eigenvalue weighted by Crippen LogP contribution is 2.23. The van der Waals surface area contributed by atoms with Crippen LogP contribution in [-0.4, -0.2) is 23.9 Å². The summed E-state index contributed by atoms with van der Waals surface area (Å²) in [6.07, 6.45) is 1.47. The first-order valence-electron chi connectivity index (χ1n) is 9.14. The molecular weight excluding hydrogens is 370 g/mol. The van der Waals surface area contributed by atoms with Crippen LogP contribution in [0.2, 0.25) is 5.02 Å². The van der Waals surface area contributed by atoms with Crippen molar-refractivity contribution in [2.75, 3.05) is 13.1 Å². The molecule has 3 nitrogen and oxygen atoms in total. The predicted molar refractivity (Wildman–Crippen MR) is 102 cm³/mol. The van der Waals surface area contributed by atoms with E-state index in [0.29, 0.717) is 17.1 Å². The zero-order valence-corrected chi connectivity index (χ0v) is 16.0. The second-order valence-electron chi connectivity index (χ2n) is 7.07. The zero-order chi connectivity index (χ0) is 19.4. The minimum absolute atomic E-state index is 0.0177. The summed E-state index contributed by atoms with van der Waals surface area (Å²) in [6, 6.07) is 10.7. The lowest BCUT2D eigenvalue weighted by molar-refractivity contribution is -0.127. The lowest BCUT2D eigenvalue weighted by Crippen LogP contribution is -2.41. The molecule has 1 heterocycles. The van der Waals surface area contributed by atoms with Crippen LogP contribution in [0, 0.1) is 17.6 Å². The molecule has 27 heavy (non-hydrogen) atoms. The van der Waals surface area contributed by atoms with Crippen LogP contribution in [0.5, 0.6) is 0 Å². The van der Waals surface area contributed by atoms with Gasteiger partial charge >= 0.3 is 0 Å². The molecule has 1 atom stereocenters. The van der Waals surface area contributed by atoms with Crippen molar-refractivity contribution in [3.05, 3.63) is 70.2 Å². The quantitative estimate of drug-likeness (QED) is 0.799. The Bertz CT molecular complexity index is 789. The molecule has 0 spiro atoms. The third kappa shape index (κ3) is 5.27. The molecule has 1 amide bonds. The van der Waals surface area contributed by atoms with Gasteiger partial charge in [0, 0.05) is 23.0 Å². The van der Waals surface area contributed by atoms with Crippen molar-refractivity contribution in [2.24, 2.45) is 5.92 Å². The number of likely N-dealkylation sites (tertiary alicyclic amines) is 1. The summed E-state index contributed by atoms with van der Waals surface area (Å²) in [5.41, 5.74) is 1.49.